The molecule has 0 aromatic heterocycles. The summed E-state index contributed by atoms with van der Waals surface area (Å²) in [5, 5.41) is 8.84. The summed E-state index contributed by atoms with van der Waals surface area (Å²) in [7, 11) is 2.14. The fourth-order valence-electron chi connectivity index (χ4n) is 5.32. The van der Waals surface area contributed by atoms with Crippen molar-refractivity contribution in [3.63, 3.8) is 0 Å². The molecule has 44 heavy (non-hydrogen) atoms. The SMILES string of the molecule is CN1CCN(c2ccc(N=CC3C(=O)Nc4cc(C(=O)c5cccc(NC(=O)Nc6cccc(Cl)c6)c5)ccc43)cc2)CC1. The molecular formula is C34H31ClN6O3. The Labute approximate surface area is 260 Å². The van der Waals surface area contributed by atoms with Crippen LogP contribution in [-0.4, -0.2) is 62.1 Å². The number of halogens is 1. The number of fused-ring (bicyclic) bond motifs is 1. The van der Waals surface area contributed by atoms with Gasteiger partial charge >= 0.3 is 6.03 Å². The Bertz CT molecular complexity index is 1750. The largest absolute Gasteiger partial charge is 0.369 e. The summed E-state index contributed by atoms with van der Waals surface area (Å²) in [6.07, 6.45) is 1.65. The van der Waals surface area contributed by atoms with Gasteiger partial charge in [0.15, 0.2) is 5.78 Å². The van der Waals surface area contributed by atoms with Crippen LogP contribution >= 0.6 is 11.6 Å². The third-order valence-electron chi connectivity index (χ3n) is 7.75. The van der Waals surface area contributed by atoms with E-state index in [4.69, 9.17) is 11.6 Å². The maximum absolute atomic E-state index is 13.4. The second-order valence-electron chi connectivity index (χ2n) is 10.9. The van der Waals surface area contributed by atoms with Crippen molar-refractivity contribution < 1.29 is 14.4 Å². The van der Waals surface area contributed by atoms with E-state index in [1.165, 1.54) is 5.69 Å². The van der Waals surface area contributed by atoms with E-state index in [1.54, 1.807) is 72.9 Å². The molecular weight excluding hydrogens is 576 g/mol. The van der Waals surface area contributed by atoms with Gasteiger partial charge in [-0.3, -0.25) is 14.6 Å². The summed E-state index contributed by atoms with van der Waals surface area (Å²) in [6.45, 7) is 4.06. The predicted molar refractivity (Wildman–Crippen MR) is 176 cm³/mol. The van der Waals surface area contributed by atoms with Crippen LogP contribution in [0.2, 0.25) is 5.02 Å². The minimum Gasteiger partial charge on any atom is -0.369 e. The molecule has 0 radical (unpaired) electrons. The number of benzene rings is 4. The van der Waals surface area contributed by atoms with Crippen molar-refractivity contribution in [2.75, 3.05) is 54.1 Å². The molecule has 3 N–H and O–H groups in total. The van der Waals surface area contributed by atoms with Crippen molar-refractivity contribution >= 4 is 64.0 Å². The van der Waals surface area contributed by atoms with Gasteiger partial charge in [0.2, 0.25) is 5.91 Å². The van der Waals surface area contributed by atoms with E-state index in [9.17, 15) is 14.4 Å². The number of hydrogen-bond acceptors (Lipinski definition) is 6. The zero-order valence-electron chi connectivity index (χ0n) is 24.1. The number of likely N-dealkylation sites (N-methyl/N-ethyl adjacent to an activating group) is 1. The number of amides is 3. The van der Waals surface area contributed by atoms with Crippen molar-refractivity contribution in [3.05, 3.63) is 113 Å². The van der Waals surface area contributed by atoms with Gasteiger partial charge in [-0.05, 0) is 73.3 Å². The zero-order valence-corrected chi connectivity index (χ0v) is 24.8. The summed E-state index contributed by atoms with van der Waals surface area (Å²) in [5.74, 6) is -0.991. The van der Waals surface area contributed by atoms with Crippen molar-refractivity contribution in [2.45, 2.75) is 5.92 Å². The molecule has 10 heteroatoms. The second-order valence-corrected chi connectivity index (χ2v) is 11.3. The fraction of sp³-hybridized carbons (Fsp3) is 0.176. The Morgan fingerprint density at radius 2 is 1.55 bits per heavy atom. The van der Waals surface area contributed by atoms with E-state index in [0.717, 1.165) is 37.4 Å². The lowest BCUT2D eigenvalue weighted by Crippen LogP contribution is -2.44. The number of ketones is 1. The average Bonchev–Trinajstić information content (AvgIpc) is 3.34. The van der Waals surface area contributed by atoms with E-state index in [0.29, 0.717) is 33.2 Å². The lowest BCUT2D eigenvalue weighted by atomic mass is 9.97. The summed E-state index contributed by atoms with van der Waals surface area (Å²) in [6, 6.07) is 26.3. The van der Waals surface area contributed by atoms with Crippen molar-refractivity contribution in [3.8, 4) is 0 Å². The normalized spacial score (nSPS) is 16.5. The Hall–Kier alpha value is -4.99. The number of nitrogens with one attached hydrogen (secondary N) is 3. The first kappa shape index (κ1) is 29.1. The van der Waals surface area contributed by atoms with Crippen LogP contribution in [0.3, 0.4) is 0 Å². The molecule has 2 heterocycles. The highest BCUT2D eigenvalue weighted by Crippen LogP contribution is 2.33. The second kappa shape index (κ2) is 12.7. The number of nitrogens with zero attached hydrogens (tertiary/aromatic N) is 3. The topological polar surface area (TPSA) is 106 Å². The number of hydrogen-bond donors (Lipinski definition) is 3. The first-order chi connectivity index (χ1) is 21.3. The van der Waals surface area contributed by atoms with E-state index in [1.807, 2.05) is 12.1 Å². The van der Waals surface area contributed by atoms with Gasteiger partial charge in [-0.15, -0.1) is 0 Å². The van der Waals surface area contributed by atoms with E-state index >= 15 is 0 Å². The molecule has 1 unspecified atom stereocenters. The molecule has 9 nitrogen and oxygen atoms in total. The average molecular weight is 607 g/mol. The third-order valence-corrected chi connectivity index (χ3v) is 7.98. The van der Waals surface area contributed by atoms with Crippen LogP contribution < -0.4 is 20.9 Å². The molecule has 0 bridgehead atoms. The van der Waals surface area contributed by atoms with Gasteiger partial charge in [0.1, 0.15) is 5.92 Å². The lowest BCUT2D eigenvalue weighted by Gasteiger charge is -2.34. The van der Waals surface area contributed by atoms with Gasteiger partial charge in [-0.1, -0.05) is 41.9 Å². The lowest BCUT2D eigenvalue weighted by molar-refractivity contribution is -0.115. The molecule has 222 valence electrons. The third kappa shape index (κ3) is 6.64. The van der Waals surface area contributed by atoms with Crippen molar-refractivity contribution in [1.82, 2.24) is 4.90 Å². The first-order valence-electron chi connectivity index (χ1n) is 14.3. The van der Waals surface area contributed by atoms with Crippen LogP contribution in [0.1, 0.15) is 27.4 Å². The van der Waals surface area contributed by atoms with Crippen molar-refractivity contribution in [2.24, 2.45) is 4.99 Å². The summed E-state index contributed by atoms with van der Waals surface area (Å²) in [4.78, 5) is 47.9. The first-order valence-corrected chi connectivity index (χ1v) is 14.7. The summed E-state index contributed by atoms with van der Waals surface area (Å²) in [5.41, 5.74) is 5.10. The van der Waals surface area contributed by atoms with E-state index < -0.39 is 11.9 Å². The minimum absolute atomic E-state index is 0.195. The Kier molecular flexibility index (Phi) is 8.40. The van der Waals surface area contributed by atoms with Crippen LogP contribution in [0, 0.1) is 0 Å². The molecule has 3 amide bonds. The quantitative estimate of drug-likeness (QED) is 0.167. The maximum atomic E-state index is 13.4. The molecule has 2 aliphatic rings. The highest BCUT2D eigenvalue weighted by molar-refractivity contribution is 6.31. The van der Waals surface area contributed by atoms with Gasteiger partial charge in [0, 0.05) is 71.3 Å². The number of piperazine rings is 1. The van der Waals surface area contributed by atoms with Gasteiger partial charge in [0.05, 0.1) is 5.69 Å². The summed E-state index contributed by atoms with van der Waals surface area (Å²) < 4.78 is 0. The molecule has 4 aromatic carbocycles. The molecule has 1 fully saturated rings. The molecule has 1 atom stereocenters. The van der Waals surface area contributed by atoms with Crippen LogP contribution in [0.5, 0.6) is 0 Å². The Morgan fingerprint density at radius 1 is 0.864 bits per heavy atom. The van der Waals surface area contributed by atoms with Crippen LogP contribution in [0.15, 0.2) is 96.0 Å². The number of aliphatic imine (C=N–C) groups is 1. The molecule has 1 saturated heterocycles. The van der Waals surface area contributed by atoms with Crippen LogP contribution in [-0.2, 0) is 4.79 Å². The van der Waals surface area contributed by atoms with Gasteiger partial charge < -0.3 is 25.8 Å². The summed E-state index contributed by atoms with van der Waals surface area (Å²) >= 11 is 5.98. The predicted octanol–water partition coefficient (Wildman–Crippen LogP) is 6.41. The van der Waals surface area contributed by atoms with Crippen LogP contribution in [0.4, 0.5) is 33.2 Å². The Morgan fingerprint density at radius 3 is 2.27 bits per heavy atom. The van der Waals surface area contributed by atoms with Gasteiger partial charge in [0.25, 0.3) is 0 Å². The molecule has 4 aromatic rings. The fourth-order valence-corrected chi connectivity index (χ4v) is 5.51. The molecule has 0 aliphatic carbocycles. The number of carbonyl (C=O) groups is 3. The number of anilines is 4. The number of urea groups is 1. The Balaban J connectivity index is 1.11. The molecule has 0 saturated carbocycles. The van der Waals surface area contributed by atoms with E-state index in [2.05, 4.69) is 49.9 Å². The van der Waals surface area contributed by atoms with Gasteiger partial charge in [-0.2, -0.15) is 0 Å². The minimum atomic E-state index is -0.558. The highest BCUT2D eigenvalue weighted by Gasteiger charge is 2.30. The van der Waals surface area contributed by atoms with Gasteiger partial charge in [-0.25, -0.2) is 4.79 Å². The smallest absolute Gasteiger partial charge is 0.323 e. The van der Waals surface area contributed by atoms with E-state index in [-0.39, 0.29) is 11.7 Å². The standard InChI is InChI=1S/C34H31ClN6O3/c1-40-14-16-41(17-15-40)28-11-9-25(10-12-28)36-21-30-29-13-8-23(19-31(29)39-33(30)43)32(42)22-4-2-6-26(18-22)37-34(44)38-27-7-3-5-24(35)20-27/h2-13,18-21,30H,14-17H2,1H3,(H,39,43)(H2,37,38,44). The van der Waals surface area contributed by atoms with Crippen LogP contribution in [0.25, 0.3) is 0 Å². The molecule has 0 spiro atoms. The zero-order chi connectivity index (χ0) is 30.6. The molecule has 2 aliphatic heterocycles. The maximum Gasteiger partial charge on any atom is 0.323 e. The number of carbonyl (C=O) groups excluding carboxylic acids is 3. The van der Waals surface area contributed by atoms with Crippen molar-refractivity contribution in [1.29, 1.82) is 0 Å². The molecule has 6 rings (SSSR count). The monoisotopic (exact) mass is 606 g/mol. The number of rotatable bonds is 7. The highest BCUT2D eigenvalue weighted by atomic mass is 35.5.